The number of nitro groups is 1. The molecule has 2 rings (SSSR count). The fraction of sp³-hybridized carbons (Fsp3) is 0. The second-order valence-electron chi connectivity index (χ2n) is 3.99. The van der Waals surface area contributed by atoms with Crippen LogP contribution in [0.15, 0.2) is 12.1 Å². The van der Waals surface area contributed by atoms with Crippen LogP contribution in [0.1, 0.15) is 0 Å². The molecule has 0 heterocycles. The van der Waals surface area contributed by atoms with E-state index >= 15 is 0 Å². The number of halogens is 7. The van der Waals surface area contributed by atoms with E-state index in [1.165, 1.54) is 0 Å². The molecule has 2 aromatic carbocycles. The second kappa shape index (κ2) is 6.34. The molecule has 0 radical (unpaired) electrons. The molecule has 0 N–H and O–H groups in total. The third kappa shape index (κ3) is 2.84. The lowest BCUT2D eigenvalue weighted by Crippen LogP contribution is -1.97. The molecule has 0 atom stereocenters. The summed E-state index contributed by atoms with van der Waals surface area (Å²) in [6.45, 7) is 0. The highest BCUT2D eigenvalue weighted by molar-refractivity contribution is 6.56. The first-order valence-corrected chi connectivity index (χ1v) is 7.21. The van der Waals surface area contributed by atoms with Gasteiger partial charge in [-0.05, 0) is 6.07 Å². The second-order valence-corrected chi connectivity index (χ2v) is 5.88. The fourth-order valence-electron chi connectivity index (χ4n) is 1.71. The van der Waals surface area contributed by atoms with Gasteiger partial charge in [0.2, 0.25) is 5.82 Å². The van der Waals surface area contributed by atoms with Crippen LogP contribution >= 0.6 is 58.0 Å². The van der Waals surface area contributed by atoms with E-state index in [0.29, 0.717) is 12.1 Å². The molecule has 3 nitrogen and oxygen atoms in total. The lowest BCUT2D eigenvalue weighted by Gasteiger charge is -2.13. The van der Waals surface area contributed by atoms with E-state index in [1.54, 1.807) is 0 Å². The maximum absolute atomic E-state index is 14.1. The van der Waals surface area contributed by atoms with Crippen LogP contribution in [-0.4, -0.2) is 4.92 Å². The standard InChI is InChI=1S/C12H2Cl5F2NO2/c13-8-7(9(14)11(16)12(17)10(8)15)3-1-5(19)6(20(21)22)2-4(3)18/h1-2H. The number of nitrogens with zero attached hydrogens (tertiary/aromatic N) is 1. The number of benzene rings is 2. The van der Waals surface area contributed by atoms with E-state index in [9.17, 15) is 18.9 Å². The summed E-state index contributed by atoms with van der Waals surface area (Å²) in [6.07, 6.45) is 0. The molecule has 0 spiro atoms. The number of nitro benzene ring substituents is 1. The van der Waals surface area contributed by atoms with Gasteiger partial charge < -0.3 is 0 Å². The molecular formula is C12H2Cl5F2NO2. The van der Waals surface area contributed by atoms with E-state index < -0.39 is 27.8 Å². The molecule has 2 aromatic rings. The molecule has 0 aliphatic rings. The normalized spacial score (nSPS) is 10.9. The Morgan fingerprint density at radius 1 is 0.818 bits per heavy atom. The monoisotopic (exact) mass is 405 g/mol. The molecule has 0 unspecified atom stereocenters. The zero-order chi connectivity index (χ0) is 16.8. The van der Waals surface area contributed by atoms with E-state index in [1.807, 2.05) is 0 Å². The van der Waals surface area contributed by atoms with E-state index in [-0.39, 0.29) is 30.7 Å². The van der Waals surface area contributed by atoms with Crippen LogP contribution < -0.4 is 0 Å². The van der Waals surface area contributed by atoms with Gasteiger partial charge in [0.15, 0.2) is 0 Å². The van der Waals surface area contributed by atoms with Crippen molar-refractivity contribution in [3.8, 4) is 11.1 Å². The van der Waals surface area contributed by atoms with E-state index in [0.717, 1.165) is 0 Å². The predicted octanol–water partition coefficient (Wildman–Crippen LogP) is 6.81. The molecule has 10 heteroatoms. The van der Waals surface area contributed by atoms with Crippen molar-refractivity contribution in [2.75, 3.05) is 0 Å². The zero-order valence-electron chi connectivity index (χ0n) is 10.1. The molecule has 0 saturated heterocycles. The lowest BCUT2D eigenvalue weighted by atomic mass is 10.0. The molecule has 0 saturated carbocycles. The van der Waals surface area contributed by atoms with Crippen LogP contribution in [0, 0.1) is 21.7 Å². The molecule has 0 fully saturated rings. The van der Waals surface area contributed by atoms with Crippen molar-refractivity contribution in [1.29, 1.82) is 0 Å². The van der Waals surface area contributed by atoms with Crippen molar-refractivity contribution in [3.63, 3.8) is 0 Å². The Labute approximate surface area is 147 Å². The molecule has 22 heavy (non-hydrogen) atoms. The minimum absolute atomic E-state index is 0.148. The Balaban J connectivity index is 2.84. The largest absolute Gasteiger partial charge is 0.307 e. The summed E-state index contributed by atoms with van der Waals surface area (Å²) in [6, 6.07) is 0.995. The first-order valence-electron chi connectivity index (χ1n) is 5.32. The van der Waals surface area contributed by atoms with Gasteiger partial charge in [-0.15, -0.1) is 0 Å². The summed E-state index contributed by atoms with van der Waals surface area (Å²) in [5.41, 5.74) is -1.67. The molecule has 0 aromatic heterocycles. The minimum Gasteiger partial charge on any atom is -0.258 e. The summed E-state index contributed by atoms with van der Waals surface area (Å²) in [5.74, 6) is -2.39. The quantitative estimate of drug-likeness (QED) is 0.238. The van der Waals surface area contributed by atoms with Crippen molar-refractivity contribution in [2.45, 2.75) is 0 Å². The first-order chi connectivity index (χ1) is 10.2. The molecule has 0 amide bonds. The van der Waals surface area contributed by atoms with Crippen LogP contribution in [0.25, 0.3) is 11.1 Å². The summed E-state index contributed by atoms with van der Waals surface area (Å²) in [7, 11) is 0. The zero-order valence-corrected chi connectivity index (χ0v) is 13.8. The first kappa shape index (κ1) is 17.5. The van der Waals surface area contributed by atoms with Gasteiger partial charge >= 0.3 is 5.69 Å². The minimum atomic E-state index is -1.27. The third-order valence-corrected chi connectivity index (χ3v) is 4.99. The fourth-order valence-corrected chi connectivity index (χ4v) is 3.05. The van der Waals surface area contributed by atoms with Gasteiger partial charge in [0, 0.05) is 11.1 Å². The molecule has 116 valence electrons. The van der Waals surface area contributed by atoms with Gasteiger partial charge in [0.25, 0.3) is 0 Å². The number of rotatable bonds is 2. The van der Waals surface area contributed by atoms with Gasteiger partial charge in [-0.2, -0.15) is 4.39 Å². The summed E-state index contributed by atoms with van der Waals surface area (Å²) in [4.78, 5) is 9.53. The van der Waals surface area contributed by atoms with Crippen LogP contribution in [-0.2, 0) is 0 Å². The number of hydrogen-bond donors (Lipinski definition) is 0. The van der Waals surface area contributed by atoms with Crippen LogP contribution in [0.2, 0.25) is 25.1 Å². The average molecular weight is 407 g/mol. The Kier molecular flexibility index (Phi) is 5.04. The van der Waals surface area contributed by atoms with Gasteiger partial charge in [0.05, 0.1) is 36.1 Å². The van der Waals surface area contributed by atoms with Crippen molar-refractivity contribution < 1.29 is 13.7 Å². The molecule has 0 aliphatic heterocycles. The third-order valence-electron chi connectivity index (χ3n) is 2.71. The molecule has 0 aliphatic carbocycles. The smallest absolute Gasteiger partial charge is 0.258 e. The molecular weight excluding hydrogens is 405 g/mol. The van der Waals surface area contributed by atoms with Gasteiger partial charge in [-0.25, -0.2) is 4.39 Å². The Hall–Kier alpha value is -0.850. The van der Waals surface area contributed by atoms with Crippen LogP contribution in [0.5, 0.6) is 0 Å². The van der Waals surface area contributed by atoms with E-state index in [2.05, 4.69) is 0 Å². The summed E-state index contributed by atoms with van der Waals surface area (Å²) >= 11 is 29.4. The van der Waals surface area contributed by atoms with Crippen molar-refractivity contribution in [1.82, 2.24) is 0 Å². The topological polar surface area (TPSA) is 43.1 Å². The predicted molar refractivity (Wildman–Crippen MR) is 83.5 cm³/mol. The SMILES string of the molecule is O=[N+]([O-])c1cc(F)c(-c2c(Cl)c(Cl)c(Cl)c(Cl)c2Cl)cc1F. The Bertz CT molecular complexity index is 784. The lowest BCUT2D eigenvalue weighted by molar-refractivity contribution is -0.387. The summed E-state index contributed by atoms with van der Waals surface area (Å²) < 4.78 is 27.8. The highest BCUT2D eigenvalue weighted by Gasteiger charge is 2.25. The maximum atomic E-state index is 14.1. The number of hydrogen-bond acceptors (Lipinski definition) is 2. The Morgan fingerprint density at radius 3 is 1.73 bits per heavy atom. The van der Waals surface area contributed by atoms with Crippen molar-refractivity contribution in [3.05, 3.63) is 59.0 Å². The van der Waals surface area contributed by atoms with Crippen LogP contribution in [0.4, 0.5) is 14.5 Å². The average Bonchev–Trinajstić information content (AvgIpc) is 2.46. The highest BCUT2D eigenvalue weighted by atomic mass is 35.5. The highest BCUT2D eigenvalue weighted by Crippen LogP contribution is 2.49. The van der Waals surface area contributed by atoms with Gasteiger partial charge in [-0.1, -0.05) is 58.0 Å². The van der Waals surface area contributed by atoms with E-state index in [4.69, 9.17) is 58.0 Å². The van der Waals surface area contributed by atoms with Crippen LogP contribution in [0.3, 0.4) is 0 Å². The summed E-state index contributed by atoms with van der Waals surface area (Å²) in [5, 5.41) is 9.53. The molecule has 0 bridgehead atoms. The van der Waals surface area contributed by atoms with Crippen molar-refractivity contribution in [2.24, 2.45) is 0 Å². The Morgan fingerprint density at radius 2 is 1.27 bits per heavy atom. The van der Waals surface area contributed by atoms with Gasteiger partial charge in [-0.3, -0.25) is 10.1 Å². The van der Waals surface area contributed by atoms with Crippen molar-refractivity contribution >= 4 is 63.7 Å². The van der Waals surface area contributed by atoms with Gasteiger partial charge in [0.1, 0.15) is 5.82 Å². The maximum Gasteiger partial charge on any atom is 0.307 e.